The van der Waals surface area contributed by atoms with Gasteiger partial charge in [0, 0.05) is 23.3 Å². The Labute approximate surface area is 132 Å². The third-order valence-corrected chi connectivity index (χ3v) is 4.03. The zero-order chi connectivity index (χ0) is 14.8. The van der Waals surface area contributed by atoms with Gasteiger partial charge in [-0.2, -0.15) is 0 Å². The van der Waals surface area contributed by atoms with E-state index >= 15 is 0 Å². The third-order valence-electron chi connectivity index (χ3n) is 2.56. The quantitative estimate of drug-likeness (QED) is 0.663. The fourth-order valence-electron chi connectivity index (χ4n) is 1.54. The molecule has 2 N–H and O–H groups in total. The number of thioether (sulfide) groups is 1. The first-order valence-electron chi connectivity index (χ1n) is 6.62. The van der Waals surface area contributed by atoms with Gasteiger partial charge in [-0.3, -0.25) is 4.79 Å². The van der Waals surface area contributed by atoms with Gasteiger partial charge < -0.3 is 10.6 Å². The van der Waals surface area contributed by atoms with E-state index in [2.05, 4.69) is 33.5 Å². The van der Waals surface area contributed by atoms with Gasteiger partial charge in [0.2, 0.25) is 5.91 Å². The lowest BCUT2D eigenvalue weighted by Gasteiger charge is -2.06. The monoisotopic (exact) mass is 362 g/mol. The van der Waals surface area contributed by atoms with E-state index < -0.39 is 0 Å². The van der Waals surface area contributed by atoms with Crippen LogP contribution >= 0.6 is 27.7 Å². The number of hydrogen-bond acceptors (Lipinski definition) is 3. The maximum absolute atomic E-state index is 13.5. The molecule has 112 valence electrons. The molecule has 1 aromatic rings. The van der Waals surface area contributed by atoms with Crippen molar-refractivity contribution in [3.8, 4) is 0 Å². The summed E-state index contributed by atoms with van der Waals surface area (Å²) >= 11 is 4.63. The first kappa shape index (κ1) is 17.5. The first-order valence-corrected chi connectivity index (χ1v) is 8.57. The minimum Gasteiger partial charge on any atom is -0.354 e. The Kier molecular flexibility index (Phi) is 8.89. The first-order chi connectivity index (χ1) is 9.63. The molecule has 0 unspecified atom stereocenters. The second-order valence-corrected chi connectivity index (χ2v) is 6.23. The maximum atomic E-state index is 13.5. The van der Waals surface area contributed by atoms with Gasteiger partial charge in [0.05, 0.1) is 5.75 Å². The van der Waals surface area contributed by atoms with Crippen LogP contribution in [0.2, 0.25) is 0 Å². The lowest BCUT2D eigenvalue weighted by molar-refractivity contribution is -0.118. The SMILES string of the molecule is CCCNCCNC(=O)CSCc1ccc(Br)cc1F. The average Bonchev–Trinajstić information content (AvgIpc) is 2.41. The molecular formula is C14H20BrFN2OS. The molecule has 0 radical (unpaired) electrons. The molecule has 0 atom stereocenters. The number of benzene rings is 1. The molecule has 0 aromatic heterocycles. The van der Waals surface area contributed by atoms with Crippen LogP contribution in [0.5, 0.6) is 0 Å². The van der Waals surface area contributed by atoms with Crippen LogP contribution in [-0.2, 0) is 10.5 Å². The molecule has 0 saturated heterocycles. The number of carbonyl (C=O) groups is 1. The topological polar surface area (TPSA) is 41.1 Å². The summed E-state index contributed by atoms with van der Waals surface area (Å²) in [7, 11) is 0. The number of nitrogens with one attached hydrogen (secondary N) is 2. The molecular weight excluding hydrogens is 343 g/mol. The van der Waals surface area contributed by atoms with Gasteiger partial charge in [-0.15, -0.1) is 11.8 Å². The molecule has 20 heavy (non-hydrogen) atoms. The van der Waals surface area contributed by atoms with Crippen molar-refractivity contribution in [2.45, 2.75) is 19.1 Å². The van der Waals surface area contributed by atoms with Crippen molar-refractivity contribution in [2.24, 2.45) is 0 Å². The van der Waals surface area contributed by atoms with Crippen LogP contribution in [-0.4, -0.2) is 31.3 Å². The highest BCUT2D eigenvalue weighted by molar-refractivity contribution is 9.10. The maximum Gasteiger partial charge on any atom is 0.230 e. The standard InChI is InChI=1S/C14H20BrFN2OS/c1-2-5-17-6-7-18-14(19)10-20-9-11-3-4-12(15)8-13(11)16/h3-4,8,17H,2,5-7,9-10H2,1H3,(H,18,19). The van der Waals surface area contributed by atoms with Crippen molar-refractivity contribution in [2.75, 3.05) is 25.4 Å². The minimum atomic E-state index is -0.240. The highest BCUT2D eigenvalue weighted by atomic mass is 79.9. The second-order valence-electron chi connectivity index (χ2n) is 4.33. The summed E-state index contributed by atoms with van der Waals surface area (Å²) in [6.45, 7) is 4.48. The summed E-state index contributed by atoms with van der Waals surface area (Å²) in [5.74, 6) is 0.603. The van der Waals surface area contributed by atoms with Crippen LogP contribution < -0.4 is 10.6 Å². The van der Waals surface area contributed by atoms with Crippen molar-refractivity contribution in [1.82, 2.24) is 10.6 Å². The molecule has 1 aromatic carbocycles. The van der Waals surface area contributed by atoms with Crippen LogP contribution in [0.15, 0.2) is 22.7 Å². The fraction of sp³-hybridized carbons (Fsp3) is 0.500. The molecule has 0 fully saturated rings. The van der Waals surface area contributed by atoms with E-state index in [1.165, 1.54) is 17.8 Å². The van der Waals surface area contributed by atoms with Gasteiger partial charge in [0.25, 0.3) is 0 Å². The molecule has 1 amide bonds. The Balaban J connectivity index is 2.15. The molecule has 0 spiro atoms. The van der Waals surface area contributed by atoms with Gasteiger partial charge in [-0.1, -0.05) is 28.9 Å². The zero-order valence-electron chi connectivity index (χ0n) is 11.5. The van der Waals surface area contributed by atoms with Gasteiger partial charge in [-0.25, -0.2) is 4.39 Å². The summed E-state index contributed by atoms with van der Waals surface area (Å²) in [5, 5.41) is 6.04. The molecule has 6 heteroatoms. The van der Waals surface area contributed by atoms with Crippen LogP contribution in [0.4, 0.5) is 4.39 Å². The Hall–Kier alpha value is -0.590. The van der Waals surface area contributed by atoms with E-state index in [1.807, 2.05) is 0 Å². The average molecular weight is 363 g/mol. The van der Waals surface area contributed by atoms with Gasteiger partial charge in [-0.05, 0) is 30.7 Å². The van der Waals surface area contributed by atoms with E-state index in [0.29, 0.717) is 23.6 Å². The third kappa shape index (κ3) is 7.26. The normalized spacial score (nSPS) is 10.6. The molecule has 0 aliphatic carbocycles. The summed E-state index contributed by atoms with van der Waals surface area (Å²) in [6, 6.07) is 4.98. The Morgan fingerprint density at radius 3 is 2.85 bits per heavy atom. The molecule has 1 rings (SSSR count). The molecule has 3 nitrogen and oxygen atoms in total. The summed E-state index contributed by atoms with van der Waals surface area (Å²) in [4.78, 5) is 11.5. The van der Waals surface area contributed by atoms with Crippen molar-refractivity contribution in [1.29, 1.82) is 0 Å². The van der Waals surface area contributed by atoms with E-state index in [-0.39, 0.29) is 11.7 Å². The number of halogens is 2. The summed E-state index contributed by atoms with van der Waals surface area (Å²) < 4.78 is 14.3. The Morgan fingerprint density at radius 2 is 2.15 bits per heavy atom. The number of amides is 1. The lowest BCUT2D eigenvalue weighted by atomic mass is 10.2. The zero-order valence-corrected chi connectivity index (χ0v) is 13.9. The number of rotatable bonds is 9. The molecule has 0 aliphatic heterocycles. The minimum absolute atomic E-state index is 0.00850. The predicted molar refractivity (Wildman–Crippen MR) is 86.4 cm³/mol. The molecule has 0 heterocycles. The van der Waals surface area contributed by atoms with E-state index in [4.69, 9.17) is 0 Å². The van der Waals surface area contributed by atoms with E-state index in [0.717, 1.165) is 24.0 Å². The largest absolute Gasteiger partial charge is 0.354 e. The van der Waals surface area contributed by atoms with Gasteiger partial charge in [0.15, 0.2) is 0 Å². The van der Waals surface area contributed by atoms with E-state index in [9.17, 15) is 9.18 Å². The molecule has 0 saturated carbocycles. The number of hydrogen-bond donors (Lipinski definition) is 2. The highest BCUT2D eigenvalue weighted by Crippen LogP contribution is 2.19. The summed E-state index contributed by atoms with van der Waals surface area (Å²) in [6.07, 6.45) is 1.09. The van der Waals surface area contributed by atoms with Crippen LogP contribution in [0, 0.1) is 5.82 Å². The molecule has 0 bridgehead atoms. The van der Waals surface area contributed by atoms with Gasteiger partial charge >= 0.3 is 0 Å². The number of carbonyl (C=O) groups excluding carboxylic acids is 1. The van der Waals surface area contributed by atoms with Crippen LogP contribution in [0.25, 0.3) is 0 Å². The Bertz CT molecular complexity index is 432. The van der Waals surface area contributed by atoms with Crippen LogP contribution in [0.3, 0.4) is 0 Å². The fourth-order valence-corrected chi connectivity index (χ4v) is 2.71. The smallest absolute Gasteiger partial charge is 0.230 e. The Morgan fingerprint density at radius 1 is 1.35 bits per heavy atom. The van der Waals surface area contributed by atoms with Gasteiger partial charge in [0.1, 0.15) is 5.82 Å². The van der Waals surface area contributed by atoms with Crippen molar-refractivity contribution in [3.63, 3.8) is 0 Å². The van der Waals surface area contributed by atoms with Crippen molar-refractivity contribution < 1.29 is 9.18 Å². The highest BCUT2D eigenvalue weighted by Gasteiger charge is 2.05. The van der Waals surface area contributed by atoms with Crippen LogP contribution in [0.1, 0.15) is 18.9 Å². The lowest BCUT2D eigenvalue weighted by Crippen LogP contribution is -2.33. The molecule has 0 aliphatic rings. The second kappa shape index (κ2) is 10.2. The van der Waals surface area contributed by atoms with Crippen molar-refractivity contribution >= 4 is 33.6 Å². The predicted octanol–water partition coefficient (Wildman–Crippen LogP) is 2.94. The van der Waals surface area contributed by atoms with E-state index in [1.54, 1.807) is 12.1 Å². The van der Waals surface area contributed by atoms with Crippen molar-refractivity contribution in [3.05, 3.63) is 34.1 Å². The summed E-state index contributed by atoms with van der Waals surface area (Å²) in [5.41, 5.74) is 0.621.